The first-order valence-corrected chi connectivity index (χ1v) is 8.42. The summed E-state index contributed by atoms with van der Waals surface area (Å²) in [7, 11) is -3.86. The molecule has 3 aromatic heterocycles. The maximum Gasteiger partial charge on any atom is 0.282 e. The van der Waals surface area contributed by atoms with Crippen molar-refractivity contribution in [3.8, 4) is 0 Å². The largest absolute Gasteiger partial charge is 0.381 e. The molecule has 0 atom stereocenters. The molecule has 3 N–H and O–H groups in total. The van der Waals surface area contributed by atoms with Crippen LogP contribution in [0.15, 0.2) is 28.7 Å². The lowest BCUT2D eigenvalue weighted by atomic mass is 10.2. The first-order valence-electron chi connectivity index (χ1n) is 6.06. The van der Waals surface area contributed by atoms with Gasteiger partial charge in [0.15, 0.2) is 10.8 Å². The number of thiazole rings is 1. The van der Waals surface area contributed by atoms with Crippen LogP contribution in [0.2, 0.25) is 0 Å². The van der Waals surface area contributed by atoms with Gasteiger partial charge in [0.2, 0.25) is 5.03 Å². The van der Waals surface area contributed by atoms with Crippen molar-refractivity contribution >= 4 is 38.0 Å². The standard InChI is InChI=1S/C12H13N5O2S2/c1-7-5-8(2)14-9(6-7)16-21(18,19)11-10(13)15-12-17(11)3-4-20-12/h3-6H,13H2,1-2H3,(H,14,16). The Morgan fingerprint density at radius 2 is 2.05 bits per heavy atom. The Bertz CT molecular complexity index is 906. The van der Waals surface area contributed by atoms with E-state index in [4.69, 9.17) is 5.73 Å². The van der Waals surface area contributed by atoms with Gasteiger partial charge in [-0.25, -0.2) is 9.97 Å². The second-order valence-corrected chi connectivity index (χ2v) is 7.11. The van der Waals surface area contributed by atoms with Crippen molar-refractivity contribution in [3.05, 3.63) is 35.0 Å². The molecule has 0 fully saturated rings. The third kappa shape index (κ3) is 2.45. The van der Waals surface area contributed by atoms with Crippen molar-refractivity contribution in [2.24, 2.45) is 0 Å². The first kappa shape index (κ1) is 13.8. The summed E-state index contributed by atoms with van der Waals surface area (Å²) < 4.78 is 29.0. The average Bonchev–Trinajstić information content (AvgIpc) is 2.85. The van der Waals surface area contributed by atoms with Crippen LogP contribution < -0.4 is 10.5 Å². The van der Waals surface area contributed by atoms with Gasteiger partial charge in [-0.3, -0.25) is 9.12 Å². The van der Waals surface area contributed by atoms with Crippen molar-refractivity contribution in [2.45, 2.75) is 18.9 Å². The van der Waals surface area contributed by atoms with Crippen LogP contribution >= 0.6 is 11.3 Å². The van der Waals surface area contributed by atoms with Crippen LogP contribution in [0.3, 0.4) is 0 Å². The number of nitrogens with two attached hydrogens (primary N) is 1. The zero-order valence-corrected chi connectivity index (χ0v) is 13.0. The Labute approximate surface area is 125 Å². The third-order valence-corrected chi connectivity index (χ3v) is 4.98. The van der Waals surface area contributed by atoms with Crippen molar-refractivity contribution in [1.29, 1.82) is 0 Å². The highest BCUT2D eigenvalue weighted by molar-refractivity contribution is 7.92. The lowest BCUT2D eigenvalue weighted by Crippen LogP contribution is -2.17. The topological polar surface area (TPSA) is 102 Å². The van der Waals surface area contributed by atoms with Gasteiger partial charge in [0, 0.05) is 17.3 Å². The number of pyridine rings is 1. The lowest BCUT2D eigenvalue weighted by molar-refractivity contribution is 0.597. The van der Waals surface area contributed by atoms with E-state index in [0.717, 1.165) is 11.3 Å². The smallest absolute Gasteiger partial charge is 0.282 e. The highest BCUT2D eigenvalue weighted by atomic mass is 32.2. The molecule has 9 heteroatoms. The van der Waals surface area contributed by atoms with E-state index in [1.807, 2.05) is 13.0 Å². The first-order chi connectivity index (χ1) is 9.87. The van der Waals surface area contributed by atoms with Crippen LogP contribution in [0.25, 0.3) is 4.96 Å². The Balaban J connectivity index is 2.08. The average molecular weight is 323 g/mol. The number of hydrogen-bond donors (Lipinski definition) is 2. The summed E-state index contributed by atoms with van der Waals surface area (Å²) in [6.07, 6.45) is 1.62. The van der Waals surface area contributed by atoms with Gasteiger partial charge in [0.05, 0.1) is 0 Å². The molecule has 0 aromatic carbocycles. The van der Waals surface area contributed by atoms with Crippen LogP contribution in [0.4, 0.5) is 11.6 Å². The number of imidazole rings is 1. The Hall–Kier alpha value is -2.13. The van der Waals surface area contributed by atoms with E-state index < -0.39 is 10.0 Å². The minimum atomic E-state index is -3.86. The number of nitrogens with one attached hydrogen (secondary N) is 1. The molecule has 0 unspecified atom stereocenters. The zero-order valence-electron chi connectivity index (χ0n) is 11.4. The highest BCUT2D eigenvalue weighted by Gasteiger charge is 2.25. The predicted molar refractivity (Wildman–Crippen MR) is 82.0 cm³/mol. The van der Waals surface area contributed by atoms with Gasteiger partial charge < -0.3 is 5.73 Å². The molecule has 0 aliphatic heterocycles. The summed E-state index contributed by atoms with van der Waals surface area (Å²) in [5, 5.41) is 1.68. The third-order valence-electron chi connectivity index (χ3n) is 2.83. The quantitative estimate of drug-likeness (QED) is 0.765. The van der Waals surface area contributed by atoms with Crippen molar-refractivity contribution in [2.75, 3.05) is 10.5 Å². The van der Waals surface area contributed by atoms with Gasteiger partial charge in [0.25, 0.3) is 10.0 Å². The second-order valence-electron chi connectivity index (χ2n) is 4.63. The van der Waals surface area contributed by atoms with Crippen LogP contribution in [-0.4, -0.2) is 22.8 Å². The molecule has 0 bridgehead atoms. The minimum Gasteiger partial charge on any atom is -0.381 e. The van der Waals surface area contributed by atoms with Gasteiger partial charge in [-0.2, -0.15) is 8.42 Å². The normalized spacial score (nSPS) is 11.9. The number of sulfonamides is 1. The number of hydrogen-bond acceptors (Lipinski definition) is 6. The maximum absolute atomic E-state index is 12.5. The molecule has 21 heavy (non-hydrogen) atoms. The fourth-order valence-corrected chi connectivity index (χ4v) is 4.11. The molecule has 3 rings (SSSR count). The molecule has 7 nitrogen and oxygen atoms in total. The summed E-state index contributed by atoms with van der Waals surface area (Å²) >= 11 is 1.31. The number of nitrogens with zero attached hydrogens (tertiary/aromatic N) is 3. The van der Waals surface area contributed by atoms with Crippen LogP contribution in [0.1, 0.15) is 11.3 Å². The molecule has 3 heterocycles. The van der Waals surface area contributed by atoms with Crippen LogP contribution in [-0.2, 0) is 10.0 Å². The molecule has 0 aliphatic carbocycles. The SMILES string of the molecule is Cc1cc(C)nc(NS(=O)(=O)c2c(N)nc3sccn23)c1. The van der Waals surface area contributed by atoms with E-state index >= 15 is 0 Å². The van der Waals surface area contributed by atoms with E-state index in [1.54, 1.807) is 24.6 Å². The monoisotopic (exact) mass is 323 g/mol. The second kappa shape index (κ2) is 4.71. The molecule has 3 aromatic rings. The summed E-state index contributed by atoms with van der Waals surface area (Å²) in [4.78, 5) is 8.73. The summed E-state index contributed by atoms with van der Waals surface area (Å²) in [5.74, 6) is 0.232. The zero-order chi connectivity index (χ0) is 15.2. The van der Waals surface area contributed by atoms with Crippen molar-refractivity contribution < 1.29 is 8.42 Å². The number of aryl methyl sites for hydroxylation is 2. The van der Waals surface area contributed by atoms with Gasteiger partial charge in [-0.05, 0) is 31.5 Å². The van der Waals surface area contributed by atoms with E-state index in [0.29, 0.717) is 4.96 Å². The molecule has 0 saturated heterocycles. The molecular formula is C12H13N5O2S2. The van der Waals surface area contributed by atoms with Gasteiger partial charge >= 0.3 is 0 Å². The maximum atomic E-state index is 12.5. The van der Waals surface area contributed by atoms with E-state index in [2.05, 4.69) is 14.7 Å². The van der Waals surface area contributed by atoms with Gasteiger partial charge in [-0.1, -0.05) is 0 Å². The van der Waals surface area contributed by atoms with E-state index in [1.165, 1.54) is 15.7 Å². The molecule has 0 spiro atoms. The fourth-order valence-electron chi connectivity index (χ4n) is 2.13. The Morgan fingerprint density at radius 1 is 1.29 bits per heavy atom. The summed E-state index contributed by atoms with van der Waals surface area (Å²) in [6.45, 7) is 3.67. The number of aromatic nitrogens is 3. The summed E-state index contributed by atoms with van der Waals surface area (Å²) in [5.41, 5.74) is 7.38. The number of anilines is 2. The number of nitrogen functional groups attached to an aromatic ring is 1. The minimum absolute atomic E-state index is 0.0290. The van der Waals surface area contributed by atoms with Crippen molar-refractivity contribution in [3.63, 3.8) is 0 Å². The van der Waals surface area contributed by atoms with E-state index in [9.17, 15) is 8.42 Å². The molecule has 110 valence electrons. The molecule has 0 aliphatic rings. The van der Waals surface area contributed by atoms with Crippen molar-refractivity contribution in [1.82, 2.24) is 14.4 Å². The summed E-state index contributed by atoms with van der Waals surface area (Å²) in [6, 6.07) is 3.52. The molecule has 0 saturated carbocycles. The highest BCUT2D eigenvalue weighted by Crippen LogP contribution is 2.25. The van der Waals surface area contributed by atoms with Gasteiger partial charge in [0.1, 0.15) is 5.82 Å². The predicted octanol–water partition coefficient (Wildman–Crippen LogP) is 1.79. The fraction of sp³-hybridized carbons (Fsp3) is 0.167. The van der Waals surface area contributed by atoms with Crippen LogP contribution in [0.5, 0.6) is 0 Å². The molecule has 0 radical (unpaired) electrons. The molecule has 0 amide bonds. The Morgan fingerprint density at radius 3 is 2.76 bits per heavy atom. The Kier molecular flexibility index (Phi) is 3.10. The van der Waals surface area contributed by atoms with Gasteiger partial charge in [-0.15, -0.1) is 11.3 Å². The number of fused-ring (bicyclic) bond motifs is 1. The number of rotatable bonds is 3. The van der Waals surface area contributed by atoms with E-state index in [-0.39, 0.29) is 16.7 Å². The molecular weight excluding hydrogens is 310 g/mol. The van der Waals surface area contributed by atoms with Crippen LogP contribution in [0, 0.1) is 13.8 Å². The lowest BCUT2D eigenvalue weighted by Gasteiger charge is -2.08.